The molecule has 1 aliphatic carbocycles. The van der Waals surface area contributed by atoms with Gasteiger partial charge in [0.05, 0.1) is 17.9 Å². The minimum absolute atomic E-state index is 0.0350. The second-order valence-corrected chi connectivity index (χ2v) is 8.05. The topological polar surface area (TPSA) is 66.8 Å². The molecule has 0 aromatic heterocycles. The van der Waals surface area contributed by atoms with Crippen molar-refractivity contribution in [2.24, 2.45) is 0 Å². The molecule has 1 N–H and O–H groups in total. The summed E-state index contributed by atoms with van der Waals surface area (Å²) in [6.07, 6.45) is 7.24. The van der Waals surface area contributed by atoms with E-state index in [0.717, 1.165) is 31.2 Å². The fraction of sp³-hybridized carbons (Fsp3) is 0.421. The molecular weight excluding hydrogens is 370 g/mol. The molecule has 0 spiro atoms. The fourth-order valence-corrected chi connectivity index (χ4v) is 4.65. The average Bonchev–Trinajstić information content (AvgIpc) is 2.90. The molecule has 1 amide bonds. The maximum absolute atomic E-state index is 12.9. The summed E-state index contributed by atoms with van der Waals surface area (Å²) < 4.78 is 6.19. The lowest BCUT2D eigenvalue weighted by atomic mass is 9.94. The van der Waals surface area contributed by atoms with Crippen molar-refractivity contribution in [1.29, 1.82) is 0 Å². The van der Waals surface area contributed by atoms with E-state index in [4.69, 9.17) is 22.1 Å². The van der Waals surface area contributed by atoms with Gasteiger partial charge in [0, 0.05) is 11.6 Å². The molecule has 3 rings (SSSR count). The highest BCUT2D eigenvalue weighted by Gasteiger charge is 2.37. The van der Waals surface area contributed by atoms with Crippen LogP contribution in [0.4, 0.5) is 0 Å². The van der Waals surface area contributed by atoms with Gasteiger partial charge in [-0.3, -0.25) is 14.5 Å². The SMILES string of the molecule is O=C(O)CCOc1ccccc1/C=C1/SC(=S)N(C2CCCCC2)C1=O. The highest BCUT2D eigenvalue weighted by atomic mass is 32.2. The smallest absolute Gasteiger partial charge is 0.306 e. The number of thiocarbonyl (C=S) groups is 1. The molecule has 0 atom stereocenters. The van der Waals surface area contributed by atoms with Crippen molar-refractivity contribution in [3.05, 3.63) is 34.7 Å². The Balaban J connectivity index is 1.76. The van der Waals surface area contributed by atoms with Crippen LogP contribution in [0.3, 0.4) is 0 Å². The monoisotopic (exact) mass is 391 g/mol. The zero-order chi connectivity index (χ0) is 18.5. The number of thioether (sulfide) groups is 1. The number of carbonyl (C=O) groups is 2. The summed E-state index contributed by atoms with van der Waals surface area (Å²) >= 11 is 6.78. The van der Waals surface area contributed by atoms with E-state index in [1.54, 1.807) is 17.0 Å². The van der Waals surface area contributed by atoms with E-state index in [-0.39, 0.29) is 25.0 Å². The molecule has 1 saturated heterocycles. The molecule has 1 heterocycles. The summed E-state index contributed by atoms with van der Waals surface area (Å²) in [6.45, 7) is 0.0865. The molecule has 0 radical (unpaired) electrons. The van der Waals surface area contributed by atoms with E-state index in [0.29, 0.717) is 15.0 Å². The summed E-state index contributed by atoms with van der Waals surface area (Å²) in [7, 11) is 0. The molecule has 7 heteroatoms. The largest absolute Gasteiger partial charge is 0.492 e. The Morgan fingerprint density at radius 1 is 1.31 bits per heavy atom. The Morgan fingerprint density at radius 3 is 2.77 bits per heavy atom. The van der Waals surface area contributed by atoms with Gasteiger partial charge in [-0.25, -0.2) is 0 Å². The molecule has 1 aliphatic heterocycles. The van der Waals surface area contributed by atoms with Crippen LogP contribution in [0.15, 0.2) is 29.2 Å². The summed E-state index contributed by atoms with van der Waals surface area (Å²) in [5.74, 6) is -0.375. The molecule has 2 aliphatic rings. The minimum atomic E-state index is -0.907. The quantitative estimate of drug-likeness (QED) is 0.582. The third-order valence-corrected chi connectivity index (χ3v) is 5.87. The molecule has 1 saturated carbocycles. The molecule has 26 heavy (non-hydrogen) atoms. The van der Waals surface area contributed by atoms with Crippen LogP contribution in [0.25, 0.3) is 6.08 Å². The van der Waals surface area contributed by atoms with Crippen LogP contribution in [0.2, 0.25) is 0 Å². The second kappa shape index (κ2) is 8.68. The normalized spacial score (nSPS) is 20.0. The van der Waals surface area contributed by atoms with Crippen LogP contribution < -0.4 is 4.74 Å². The first-order valence-electron chi connectivity index (χ1n) is 8.77. The third-order valence-electron chi connectivity index (χ3n) is 4.54. The molecular formula is C19H21NO4S2. The van der Waals surface area contributed by atoms with E-state index >= 15 is 0 Å². The standard InChI is InChI=1S/C19H21NO4S2/c21-17(22)10-11-24-15-9-5-4-6-13(15)12-16-18(23)20(19(25)26-16)14-7-2-1-3-8-14/h4-6,9,12,14H,1-3,7-8,10-11H2,(H,21,22)/b16-12+. The Hall–Kier alpha value is -1.86. The molecule has 1 aromatic carbocycles. The van der Waals surface area contributed by atoms with Crippen molar-refractivity contribution in [2.45, 2.75) is 44.6 Å². The third kappa shape index (κ3) is 4.45. The Morgan fingerprint density at radius 2 is 2.04 bits per heavy atom. The number of carboxylic acid groups (broad SMARTS) is 1. The maximum atomic E-state index is 12.9. The first-order valence-corrected chi connectivity index (χ1v) is 9.99. The highest BCUT2D eigenvalue weighted by molar-refractivity contribution is 8.26. The maximum Gasteiger partial charge on any atom is 0.306 e. The summed E-state index contributed by atoms with van der Waals surface area (Å²) in [5.41, 5.74) is 0.752. The van der Waals surface area contributed by atoms with Gasteiger partial charge in [0.2, 0.25) is 0 Å². The average molecular weight is 392 g/mol. The molecule has 2 fully saturated rings. The van der Waals surface area contributed by atoms with Gasteiger partial charge < -0.3 is 9.84 Å². The number of carbonyl (C=O) groups excluding carboxylic acids is 1. The van der Waals surface area contributed by atoms with Gasteiger partial charge in [0.1, 0.15) is 10.1 Å². The van der Waals surface area contributed by atoms with E-state index in [1.807, 2.05) is 18.2 Å². The molecule has 138 valence electrons. The number of amides is 1. The van der Waals surface area contributed by atoms with Gasteiger partial charge in [0.15, 0.2) is 0 Å². The van der Waals surface area contributed by atoms with Crippen molar-refractivity contribution in [1.82, 2.24) is 4.90 Å². The fourth-order valence-electron chi connectivity index (χ4n) is 3.25. The first kappa shape index (κ1) is 18.9. The van der Waals surface area contributed by atoms with Crippen LogP contribution in [0.1, 0.15) is 44.1 Å². The number of aliphatic carboxylic acids is 1. The van der Waals surface area contributed by atoms with E-state index in [9.17, 15) is 9.59 Å². The summed E-state index contributed by atoms with van der Waals surface area (Å²) in [6, 6.07) is 7.52. The van der Waals surface area contributed by atoms with E-state index in [1.165, 1.54) is 18.2 Å². The van der Waals surface area contributed by atoms with E-state index in [2.05, 4.69) is 0 Å². The van der Waals surface area contributed by atoms with Crippen LogP contribution in [-0.4, -0.2) is 38.9 Å². The van der Waals surface area contributed by atoms with Gasteiger partial charge in [-0.1, -0.05) is 61.4 Å². The van der Waals surface area contributed by atoms with Crippen molar-refractivity contribution in [3.63, 3.8) is 0 Å². The predicted molar refractivity (Wildman–Crippen MR) is 106 cm³/mol. The molecule has 0 bridgehead atoms. The second-order valence-electron chi connectivity index (χ2n) is 6.37. The Labute approximate surface area is 162 Å². The minimum Gasteiger partial charge on any atom is -0.492 e. The first-order chi connectivity index (χ1) is 12.6. The van der Waals surface area contributed by atoms with Gasteiger partial charge in [-0.05, 0) is 25.0 Å². The zero-order valence-corrected chi connectivity index (χ0v) is 16.0. The molecule has 5 nitrogen and oxygen atoms in total. The van der Waals surface area contributed by atoms with Crippen LogP contribution in [-0.2, 0) is 9.59 Å². The van der Waals surface area contributed by atoms with Gasteiger partial charge in [-0.15, -0.1) is 0 Å². The van der Waals surface area contributed by atoms with Crippen molar-refractivity contribution in [2.75, 3.05) is 6.61 Å². The number of hydrogen-bond donors (Lipinski definition) is 1. The van der Waals surface area contributed by atoms with Gasteiger partial charge in [-0.2, -0.15) is 0 Å². The molecule has 0 unspecified atom stereocenters. The summed E-state index contributed by atoms with van der Waals surface area (Å²) in [4.78, 5) is 25.9. The van der Waals surface area contributed by atoms with Crippen molar-refractivity contribution >= 4 is 46.3 Å². The lowest BCUT2D eigenvalue weighted by Gasteiger charge is -2.29. The number of ether oxygens (including phenoxy) is 1. The van der Waals surface area contributed by atoms with Crippen LogP contribution >= 0.6 is 24.0 Å². The van der Waals surface area contributed by atoms with Crippen LogP contribution in [0, 0.1) is 0 Å². The van der Waals surface area contributed by atoms with Gasteiger partial charge >= 0.3 is 5.97 Å². The van der Waals surface area contributed by atoms with Crippen molar-refractivity contribution < 1.29 is 19.4 Å². The lowest BCUT2D eigenvalue weighted by Crippen LogP contribution is -2.39. The Kier molecular flexibility index (Phi) is 6.32. The highest BCUT2D eigenvalue weighted by Crippen LogP contribution is 2.38. The van der Waals surface area contributed by atoms with Crippen LogP contribution in [0.5, 0.6) is 5.75 Å². The summed E-state index contributed by atoms with van der Waals surface area (Å²) in [5, 5.41) is 8.75. The molecule has 1 aromatic rings. The zero-order valence-electron chi connectivity index (χ0n) is 14.3. The predicted octanol–water partition coefficient (Wildman–Crippen LogP) is 4.07. The number of nitrogens with zero attached hydrogens (tertiary/aromatic N) is 1. The number of hydrogen-bond acceptors (Lipinski definition) is 5. The van der Waals surface area contributed by atoms with E-state index < -0.39 is 5.97 Å². The Bertz CT molecular complexity index is 741. The van der Waals surface area contributed by atoms with Crippen molar-refractivity contribution in [3.8, 4) is 5.75 Å². The lowest BCUT2D eigenvalue weighted by molar-refractivity contribution is -0.137. The number of carboxylic acids is 1. The number of para-hydroxylation sites is 1. The number of benzene rings is 1. The van der Waals surface area contributed by atoms with Gasteiger partial charge in [0.25, 0.3) is 5.91 Å². The number of rotatable bonds is 6.